The van der Waals surface area contributed by atoms with E-state index in [1.54, 1.807) is 0 Å². The van der Waals surface area contributed by atoms with Gasteiger partial charge in [0, 0.05) is 24.5 Å². The zero-order valence-electron chi connectivity index (χ0n) is 12.5. The van der Waals surface area contributed by atoms with E-state index < -0.39 is 0 Å². The van der Waals surface area contributed by atoms with Crippen LogP contribution < -0.4 is 14.8 Å². The molecule has 0 fully saturated rings. The summed E-state index contributed by atoms with van der Waals surface area (Å²) in [5, 5.41) is 3.51. The molecule has 3 rings (SSSR count). The Morgan fingerprint density at radius 3 is 2.95 bits per heavy atom. The molecule has 0 bridgehead atoms. The number of imidazole rings is 1. The quantitative estimate of drug-likeness (QED) is 0.917. The number of benzene rings is 1. The molecule has 1 atom stereocenters. The average Bonchev–Trinajstić information content (AvgIpc) is 3.00. The summed E-state index contributed by atoms with van der Waals surface area (Å²) in [6.07, 6.45) is 3.85. The van der Waals surface area contributed by atoms with Crippen LogP contribution in [-0.2, 0) is 6.54 Å². The van der Waals surface area contributed by atoms with Crippen LogP contribution in [-0.4, -0.2) is 29.3 Å². The van der Waals surface area contributed by atoms with Gasteiger partial charge in [0.2, 0.25) is 0 Å². The van der Waals surface area contributed by atoms with Crippen molar-refractivity contribution in [1.82, 2.24) is 14.9 Å². The number of para-hydroxylation sites is 1. The van der Waals surface area contributed by atoms with Crippen LogP contribution in [0.3, 0.4) is 0 Å². The standard InChI is InChI=1S/C16H21N3O2/c1-3-17-14(16-18-8-9-19(16)4-2)12-6-5-7-13-15(12)21-11-10-20-13/h5-9,14,17H,3-4,10-11H2,1-2H3. The molecule has 0 radical (unpaired) electrons. The van der Waals surface area contributed by atoms with Crippen molar-refractivity contribution in [3.8, 4) is 11.5 Å². The summed E-state index contributed by atoms with van der Waals surface area (Å²) in [7, 11) is 0. The first-order valence-electron chi connectivity index (χ1n) is 7.48. The Balaban J connectivity index is 2.06. The predicted molar refractivity (Wildman–Crippen MR) is 80.9 cm³/mol. The van der Waals surface area contributed by atoms with Crippen molar-refractivity contribution in [2.45, 2.75) is 26.4 Å². The molecule has 2 heterocycles. The number of fused-ring (bicyclic) bond motifs is 1. The van der Waals surface area contributed by atoms with Gasteiger partial charge in [-0.25, -0.2) is 4.98 Å². The molecule has 0 aliphatic carbocycles. The minimum atomic E-state index is 0.00148. The van der Waals surface area contributed by atoms with Crippen molar-refractivity contribution < 1.29 is 9.47 Å². The highest BCUT2D eigenvalue weighted by molar-refractivity contribution is 5.50. The summed E-state index contributed by atoms with van der Waals surface area (Å²) in [6, 6.07) is 6.04. The fourth-order valence-electron chi connectivity index (χ4n) is 2.72. The molecule has 5 heteroatoms. The van der Waals surface area contributed by atoms with Crippen LogP contribution >= 0.6 is 0 Å². The van der Waals surface area contributed by atoms with E-state index in [9.17, 15) is 0 Å². The van der Waals surface area contributed by atoms with E-state index >= 15 is 0 Å². The van der Waals surface area contributed by atoms with Crippen molar-refractivity contribution in [3.63, 3.8) is 0 Å². The molecule has 0 saturated carbocycles. The Hall–Kier alpha value is -2.01. The number of nitrogens with zero attached hydrogens (tertiary/aromatic N) is 2. The van der Waals surface area contributed by atoms with Gasteiger partial charge in [0.25, 0.3) is 0 Å². The first-order valence-corrected chi connectivity index (χ1v) is 7.48. The lowest BCUT2D eigenvalue weighted by molar-refractivity contribution is 0.169. The molecule has 1 unspecified atom stereocenters. The zero-order chi connectivity index (χ0) is 14.7. The summed E-state index contributed by atoms with van der Waals surface area (Å²) in [4.78, 5) is 4.54. The molecule has 1 aromatic carbocycles. The number of rotatable bonds is 5. The van der Waals surface area contributed by atoms with Gasteiger partial charge in [-0.2, -0.15) is 0 Å². The van der Waals surface area contributed by atoms with Gasteiger partial charge in [0.05, 0.1) is 6.04 Å². The van der Waals surface area contributed by atoms with Gasteiger partial charge in [0.15, 0.2) is 11.5 Å². The van der Waals surface area contributed by atoms with Crippen LogP contribution in [0.15, 0.2) is 30.6 Å². The number of hydrogen-bond donors (Lipinski definition) is 1. The van der Waals surface area contributed by atoms with E-state index in [4.69, 9.17) is 9.47 Å². The number of nitrogens with one attached hydrogen (secondary N) is 1. The molecule has 5 nitrogen and oxygen atoms in total. The molecule has 0 spiro atoms. The highest BCUT2D eigenvalue weighted by atomic mass is 16.6. The van der Waals surface area contributed by atoms with Crippen LogP contribution in [0.1, 0.15) is 31.3 Å². The molecular formula is C16H21N3O2. The fourth-order valence-corrected chi connectivity index (χ4v) is 2.72. The maximum Gasteiger partial charge on any atom is 0.166 e. The number of ether oxygens (including phenoxy) is 2. The molecule has 1 aliphatic heterocycles. The van der Waals surface area contributed by atoms with Crippen molar-refractivity contribution >= 4 is 0 Å². The van der Waals surface area contributed by atoms with Crippen LogP contribution in [0.25, 0.3) is 0 Å². The topological polar surface area (TPSA) is 48.3 Å². The molecule has 2 aromatic rings. The van der Waals surface area contributed by atoms with Gasteiger partial charge in [-0.3, -0.25) is 0 Å². The number of hydrogen-bond acceptors (Lipinski definition) is 4. The van der Waals surface area contributed by atoms with Gasteiger partial charge >= 0.3 is 0 Å². The highest BCUT2D eigenvalue weighted by Crippen LogP contribution is 2.38. The molecule has 1 N–H and O–H groups in total. The van der Waals surface area contributed by atoms with Gasteiger partial charge < -0.3 is 19.4 Å². The van der Waals surface area contributed by atoms with Crippen molar-refractivity contribution in [2.75, 3.05) is 19.8 Å². The lowest BCUT2D eigenvalue weighted by atomic mass is 10.0. The highest BCUT2D eigenvalue weighted by Gasteiger charge is 2.25. The van der Waals surface area contributed by atoms with Gasteiger partial charge in [-0.15, -0.1) is 0 Å². The lowest BCUT2D eigenvalue weighted by Crippen LogP contribution is -2.27. The molecule has 0 amide bonds. The van der Waals surface area contributed by atoms with E-state index in [0.717, 1.165) is 36.0 Å². The van der Waals surface area contributed by atoms with Gasteiger partial charge in [-0.1, -0.05) is 19.1 Å². The molecule has 112 valence electrons. The Bertz CT molecular complexity index is 609. The Morgan fingerprint density at radius 2 is 2.14 bits per heavy atom. The SMILES string of the molecule is CCNC(c1cccc2c1OCCO2)c1nccn1CC. The second-order valence-corrected chi connectivity index (χ2v) is 4.93. The smallest absolute Gasteiger partial charge is 0.166 e. The Labute approximate surface area is 124 Å². The Kier molecular flexibility index (Phi) is 4.10. The zero-order valence-corrected chi connectivity index (χ0v) is 12.5. The third-order valence-electron chi connectivity index (χ3n) is 3.66. The van der Waals surface area contributed by atoms with Crippen LogP contribution in [0, 0.1) is 0 Å². The minimum Gasteiger partial charge on any atom is -0.486 e. The molecule has 1 aromatic heterocycles. The summed E-state index contributed by atoms with van der Waals surface area (Å²) in [5.74, 6) is 2.65. The van der Waals surface area contributed by atoms with E-state index in [1.807, 2.05) is 24.5 Å². The van der Waals surface area contributed by atoms with Crippen molar-refractivity contribution in [3.05, 3.63) is 42.0 Å². The molecule has 0 saturated heterocycles. The first-order chi connectivity index (χ1) is 10.3. The third-order valence-corrected chi connectivity index (χ3v) is 3.66. The molecular weight excluding hydrogens is 266 g/mol. The van der Waals surface area contributed by atoms with Gasteiger partial charge in [-0.05, 0) is 19.5 Å². The van der Waals surface area contributed by atoms with Crippen molar-refractivity contribution in [1.29, 1.82) is 0 Å². The van der Waals surface area contributed by atoms with Crippen molar-refractivity contribution in [2.24, 2.45) is 0 Å². The second kappa shape index (κ2) is 6.18. The number of aromatic nitrogens is 2. The summed E-state index contributed by atoms with van der Waals surface area (Å²) in [6.45, 7) is 7.15. The van der Waals surface area contributed by atoms with E-state index in [1.165, 1.54) is 0 Å². The second-order valence-electron chi connectivity index (χ2n) is 4.93. The molecule has 1 aliphatic rings. The first kappa shape index (κ1) is 13.9. The Morgan fingerprint density at radius 1 is 1.29 bits per heavy atom. The van der Waals surface area contributed by atoms with E-state index in [2.05, 4.69) is 34.8 Å². The largest absolute Gasteiger partial charge is 0.486 e. The summed E-state index contributed by atoms with van der Waals surface area (Å²) in [5.41, 5.74) is 1.08. The maximum atomic E-state index is 5.85. The maximum absolute atomic E-state index is 5.85. The fraction of sp³-hybridized carbons (Fsp3) is 0.438. The van der Waals surface area contributed by atoms with Crippen LogP contribution in [0.2, 0.25) is 0 Å². The third kappa shape index (κ3) is 2.61. The summed E-state index contributed by atoms with van der Waals surface area (Å²) < 4.78 is 13.7. The monoisotopic (exact) mass is 287 g/mol. The summed E-state index contributed by atoms with van der Waals surface area (Å²) >= 11 is 0. The minimum absolute atomic E-state index is 0.00148. The molecule has 21 heavy (non-hydrogen) atoms. The average molecular weight is 287 g/mol. The van der Waals surface area contributed by atoms with Crippen LogP contribution in [0.5, 0.6) is 11.5 Å². The normalized spacial score (nSPS) is 15.0. The van der Waals surface area contributed by atoms with E-state index in [-0.39, 0.29) is 6.04 Å². The van der Waals surface area contributed by atoms with Gasteiger partial charge in [0.1, 0.15) is 19.0 Å². The number of aryl methyl sites for hydroxylation is 1. The van der Waals surface area contributed by atoms with E-state index in [0.29, 0.717) is 13.2 Å². The predicted octanol–water partition coefficient (Wildman–Crippen LogP) is 2.37. The lowest BCUT2D eigenvalue weighted by Gasteiger charge is -2.25. The van der Waals surface area contributed by atoms with Crippen LogP contribution in [0.4, 0.5) is 0 Å².